The van der Waals surface area contributed by atoms with Crippen LogP contribution in [0.3, 0.4) is 0 Å². The number of carbonyl (C=O) groups excluding carboxylic acids is 2. The van der Waals surface area contributed by atoms with Crippen LogP contribution in [0.5, 0.6) is 0 Å². The van der Waals surface area contributed by atoms with Gasteiger partial charge in [0.2, 0.25) is 0 Å². The van der Waals surface area contributed by atoms with E-state index in [4.69, 9.17) is 18.5 Å². The van der Waals surface area contributed by atoms with E-state index in [2.05, 4.69) is 44.5 Å². The van der Waals surface area contributed by atoms with Crippen molar-refractivity contribution in [2.75, 3.05) is 47.5 Å². The van der Waals surface area contributed by atoms with Gasteiger partial charge in [0.1, 0.15) is 19.8 Å². The van der Waals surface area contributed by atoms with Crippen LogP contribution < -0.4 is 4.89 Å². The number of likely N-dealkylation sites (N-methyl/N-ethyl adjacent to an activating group) is 1. The molecule has 0 fully saturated rings. The van der Waals surface area contributed by atoms with E-state index >= 15 is 0 Å². The zero-order valence-electron chi connectivity index (χ0n) is 34.6. The Morgan fingerprint density at radius 3 is 1.58 bits per heavy atom. The molecule has 0 saturated carbocycles. The first-order chi connectivity index (χ1) is 25.0. The highest BCUT2D eigenvalue weighted by Gasteiger charge is 2.19. The van der Waals surface area contributed by atoms with E-state index in [1.165, 1.54) is 89.9 Å². The molecule has 0 radical (unpaired) electrons. The van der Waals surface area contributed by atoms with Gasteiger partial charge in [0.15, 0.2) is 6.10 Å². The van der Waals surface area contributed by atoms with Crippen molar-refractivity contribution in [3.8, 4) is 0 Å². The van der Waals surface area contributed by atoms with E-state index in [9.17, 15) is 14.5 Å². The zero-order chi connectivity index (χ0) is 38.6. The number of hydrogen-bond acceptors (Lipinski definition) is 7. The standard InChI is InChI=1S/C43H82NO7P/c1-7-9-11-13-15-17-19-21-22-24-26-28-30-32-34-36-43(46)51-41(40-50-52(6,47)49-38-37-44(3,4)5)39-48-42(45)35-33-31-29-27-25-23-20-18-16-14-12-10-8-2/h15,17,21-22,41H,6-14,16,18-20,23-40H2,1-5H3/b17-15-,22-21-. The van der Waals surface area contributed by atoms with Crippen LogP contribution in [-0.4, -0.2) is 76.3 Å². The molecule has 52 heavy (non-hydrogen) atoms. The van der Waals surface area contributed by atoms with E-state index < -0.39 is 13.7 Å². The van der Waals surface area contributed by atoms with Gasteiger partial charge in [0, 0.05) is 20.4 Å². The molecular weight excluding hydrogens is 673 g/mol. The van der Waals surface area contributed by atoms with E-state index in [1.807, 2.05) is 21.1 Å². The van der Waals surface area contributed by atoms with Crippen LogP contribution in [0.15, 0.2) is 24.3 Å². The highest BCUT2D eigenvalue weighted by atomic mass is 31.2. The van der Waals surface area contributed by atoms with Crippen molar-refractivity contribution in [2.45, 2.75) is 187 Å². The van der Waals surface area contributed by atoms with Gasteiger partial charge in [0.05, 0.1) is 27.7 Å². The van der Waals surface area contributed by atoms with Crippen LogP contribution in [0.1, 0.15) is 181 Å². The fourth-order valence-corrected chi connectivity index (χ4v) is 6.50. The largest absolute Gasteiger partial charge is 0.789 e. The molecule has 2 unspecified atom stereocenters. The van der Waals surface area contributed by atoms with Crippen molar-refractivity contribution in [3.05, 3.63) is 24.3 Å². The van der Waals surface area contributed by atoms with Gasteiger partial charge < -0.3 is 27.9 Å². The number of ether oxygens (including phenoxy) is 2. The van der Waals surface area contributed by atoms with Crippen molar-refractivity contribution < 1.29 is 37.5 Å². The molecule has 9 heteroatoms. The first-order valence-electron chi connectivity index (χ1n) is 21.2. The highest BCUT2D eigenvalue weighted by molar-refractivity contribution is 7.57. The first kappa shape index (κ1) is 50.6. The number of nitrogens with zero attached hydrogens (tertiary/aromatic N) is 1. The first-order valence-corrected chi connectivity index (χ1v) is 22.9. The Morgan fingerprint density at radius 1 is 0.615 bits per heavy atom. The summed E-state index contributed by atoms with van der Waals surface area (Å²) in [5.41, 5.74) is 0. The van der Waals surface area contributed by atoms with Gasteiger partial charge in [-0.3, -0.25) is 9.59 Å². The van der Waals surface area contributed by atoms with Crippen LogP contribution in [0.4, 0.5) is 0 Å². The molecule has 0 aromatic heterocycles. The predicted octanol–water partition coefficient (Wildman–Crippen LogP) is 11.0. The van der Waals surface area contributed by atoms with Crippen molar-refractivity contribution in [1.29, 1.82) is 0 Å². The summed E-state index contributed by atoms with van der Waals surface area (Å²) in [6.45, 7) is 4.97. The van der Waals surface area contributed by atoms with Crippen LogP contribution in [0.2, 0.25) is 0 Å². The van der Waals surface area contributed by atoms with E-state index in [-0.39, 0.29) is 38.2 Å². The van der Waals surface area contributed by atoms with E-state index in [0.29, 0.717) is 17.4 Å². The van der Waals surface area contributed by atoms with Gasteiger partial charge in [-0.15, -0.1) is 0 Å². The number of rotatable bonds is 38. The van der Waals surface area contributed by atoms with Crippen LogP contribution in [0.25, 0.3) is 0 Å². The smallest absolute Gasteiger partial charge is 0.306 e. The summed E-state index contributed by atoms with van der Waals surface area (Å²) in [5, 5.41) is 0. The lowest BCUT2D eigenvalue weighted by molar-refractivity contribution is -0.870. The summed E-state index contributed by atoms with van der Waals surface area (Å²) in [7, 11) is 2.40. The molecule has 0 spiro atoms. The summed E-state index contributed by atoms with van der Waals surface area (Å²) in [5.74, 6) is -0.702. The second-order valence-electron chi connectivity index (χ2n) is 15.5. The Bertz CT molecular complexity index is 946. The summed E-state index contributed by atoms with van der Waals surface area (Å²) in [6.07, 6.45) is 40.7. The lowest BCUT2D eigenvalue weighted by Crippen LogP contribution is -2.37. The van der Waals surface area contributed by atoms with Gasteiger partial charge >= 0.3 is 11.9 Å². The number of hydrogen-bond donors (Lipinski definition) is 0. The van der Waals surface area contributed by atoms with Gasteiger partial charge in [-0.05, 0) is 44.9 Å². The number of quaternary nitrogens is 1. The number of carbonyl (C=O) groups is 2. The molecule has 0 bridgehead atoms. The Hall–Kier alpha value is -1.44. The normalized spacial score (nSPS) is 13.9. The fourth-order valence-electron chi connectivity index (χ4n) is 5.67. The topological polar surface area (TPSA) is 94.1 Å². The van der Waals surface area contributed by atoms with Gasteiger partial charge in [-0.1, -0.05) is 154 Å². The van der Waals surface area contributed by atoms with Crippen molar-refractivity contribution in [1.82, 2.24) is 0 Å². The summed E-state index contributed by atoms with van der Waals surface area (Å²) in [4.78, 5) is 38.0. The third kappa shape index (κ3) is 38.3. The number of unbranched alkanes of at least 4 members (excludes halogenated alkanes) is 20. The second-order valence-corrected chi connectivity index (χ2v) is 17.3. The number of esters is 2. The molecule has 0 rings (SSSR count). The van der Waals surface area contributed by atoms with Gasteiger partial charge in [-0.2, -0.15) is 0 Å². The van der Waals surface area contributed by atoms with Crippen molar-refractivity contribution >= 4 is 25.8 Å². The minimum atomic E-state index is -3.62. The molecule has 0 aliphatic carbocycles. The Morgan fingerprint density at radius 2 is 1.06 bits per heavy atom. The summed E-state index contributed by atoms with van der Waals surface area (Å²) in [6, 6.07) is 0. The quantitative estimate of drug-likeness (QED) is 0.0204. The third-order valence-electron chi connectivity index (χ3n) is 9.05. The number of allylic oxidation sites excluding steroid dienone is 4. The lowest BCUT2D eigenvalue weighted by atomic mass is 10.0. The average molecular weight is 756 g/mol. The SMILES string of the molecule is C=P([O-])(OCC[N+](C)(C)C)OCC(COC(=O)CCCCCCCCCCCCCCC)OC(=O)CCCCCCC/C=C\C/C=C\CCCCC. The predicted molar refractivity (Wildman–Crippen MR) is 219 cm³/mol. The Kier molecular flexibility index (Phi) is 34.3. The molecule has 8 nitrogen and oxygen atoms in total. The molecule has 0 N–H and O–H groups in total. The minimum absolute atomic E-state index is 0.149. The van der Waals surface area contributed by atoms with Crippen LogP contribution in [-0.2, 0) is 28.1 Å². The molecule has 2 atom stereocenters. The molecule has 0 aliphatic heterocycles. The fraction of sp³-hybridized carbons (Fsp3) is 0.837. The second kappa shape index (κ2) is 35.3. The van der Waals surface area contributed by atoms with Crippen LogP contribution in [0, 0.1) is 0 Å². The minimum Gasteiger partial charge on any atom is -0.789 e. The molecule has 0 heterocycles. The summed E-state index contributed by atoms with van der Waals surface area (Å²) >= 11 is 0. The van der Waals surface area contributed by atoms with Crippen molar-refractivity contribution in [2.24, 2.45) is 0 Å². The Balaban J connectivity index is 4.41. The zero-order valence-corrected chi connectivity index (χ0v) is 35.5. The molecule has 0 aromatic carbocycles. The molecule has 0 saturated heterocycles. The molecule has 0 aliphatic rings. The maximum absolute atomic E-state index is 12.8. The van der Waals surface area contributed by atoms with Crippen molar-refractivity contribution in [3.63, 3.8) is 0 Å². The molecule has 306 valence electrons. The molecule has 0 aromatic rings. The monoisotopic (exact) mass is 756 g/mol. The third-order valence-corrected chi connectivity index (χ3v) is 10.2. The molecular formula is C43H82NO7P. The van der Waals surface area contributed by atoms with Gasteiger partial charge in [0.25, 0.3) is 0 Å². The van der Waals surface area contributed by atoms with E-state index in [0.717, 1.165) is 64.2 Å². The average Bonchev–Trinajstić information content (AvgIpc) is 3.09. The van der Waals surface area contributed by atoms with Gasteiger partial charge in [-0.25, -0.2) is 0 Å². The van der Waals surface area contributed by atoms with E-state index in [1.54, 1.807) is 0 Å². The molecule has 0 amide bonds. The maximum atomic E-state index is 12.8. The highest BCUT2D eigenvalue weighted by Crippen LogP contribution is 2.37. The maximum Gasteiger partial charge on any atom is 0.306 e. The van der Waals surface area contributed by atoms with Crippen LogP contribution >= 0.6 is 7.57 Å². The summed E-state index contributed by atoms with van der Waals surface area (Å²) < 4.78 is 22.7. The Labute approximate surface area is 321 Å². The lowest BCUT2D eigenvalue weighted by Gasteiger charge is -2.33.